The van der Waals surface area contributed by atoms with Crippen molar-refractivity contribution < 1.29 is 4.74 Å². The molecule has 0 radical (unpaired) electrons. The smallest absolute Gasteiger partial charge is 0.118 e. The van der Waals surface area contributed by atoms with Crippen LogP contribution in [0.2, 0.25) is 0 Å². The van der Waals surface area contributed by atoms with Gasteiger partial charge < -0.3 is 4.74 Å². The molecule has 2 nitrogen and oxygen atoms in total. The van der Waals surface area contributed by atoms with Crippen LogP contribution in [0.25, 0.3) is 0 Å². The summed E-state index contributed by atoms with van der Waals surface area (Å²) in [5.74, 6) is 1.53. The molecular weight excluding hydrogens is 234 g/mol. The van der Waals surface area contributed by atoms with Crippen molar-refractivity contribution in [2.45, 2.75) is 51.4 Å². The number of benzene rings is 1. The molecule has 1 fully saturated rings. The molecule has 0 atom stereocenters. The second-order valence-electron chi connectivity index (χ2n) is 5.69. The molecule has 2 heteroatoms. The minimum atomic E-state index is -0.0439. The minimum absolute atomic E-state index is 0.0439. The lowest BCUT2D eigenvalue weighted by molar-refractivity contribution is 0.228. The average molecular weight is 257 g/mol. The van der Waals surface area contributed by atoms with Gasteiger partial charge in [-0.25, -0.2) is 0 Å². The Morgan fingerprint density at radius 3 is 2.37 bits per heavy atom. The quantitative estimate of drug-likeness (QED) is 0.785. The maximum Gasteiger partial charge on any atom is 0.118 e. The van der Waals surface area contributed by atoms with Crippen LogP contribution in [-0.2, 0) is 0 Å². The maximum absolute atomic E-state index is 9.43. The highest BCUT2D eigenvalue weighted by atomic mass is 16.5. The highest BCUT2D eigenvalue weighted by molar-refractivity contribution is 5.30. The topological polar surface area (TPSA) is 33.0 Å². The number of nitriles is 1. The van der Waals surface area contributed by atoms with Crippen LogP contribution >= 0.6 is 0 Å². The highest BCUT2D eigenvalue weighted by Gasteiger charge is 2.34. The zero-order valence-electron chi connectivity index (χ0n) is 12.0. The van der Waals surface area contributed by atoms with E-state index in [4.69, 9.17) is 4.74 Å². The van der Waals surface area contributed by atoms with Crippen LogP contribution in [-0.4, -0.2) is 7.11 Å². The SMILES string of the molecule is CCCC1(C#N)CCC(c2ccc(OC)cc2)CC1. The van der Waals surface area contributed by atoms with E-state index in [1.54, 1.807) is 7.11 Å². The second kappa shape index (κ2) is 6.10. The maximum atomic E-state index is 9.43. The standard InChI is InChI=1S/C17H23NO/c1-3-10-17(13-18)11-8-15(9-12-17)14-4-6-16(19-2)7-5-14/h4-7,15H,3,8-12H2,1-2H3. The molecule has 1 aromatic carbocycles. The van der Waals surface area contributed by atoms with E-state index in [-0.39, 0.29) is 5.41 Å². The molecule has 0 spiro atoms. The Hall–Kier alpha value is -1.49. The summed E-state index contributed by atoms with van der Waals surface area (Å²) in [5, 5.41) is 9.43. The fraction of sp³-hybridized carbons (Fsp3) is 0.588. The van der Waals surface area contributed by atoms with E-state index in [0.29, 0.717) is 5.92 Å². The molecule has 0 aromatic heterocycles. The Labute approximate surface area is 116 Å². The number of hydrogen-bond donors (Lipinski definition) is 0. The fourth-order valence-corrected chi connectivity index (χ4v) is 3.28. The fourth-order valence-electron chi connectivity index (χ4n) is 3.28. The van der Waals surface area contributed by atoms with Crippen molar-refractivity contribution in [3.8, 4) is 11.8 Å². The third kappa shape index (κ3) is 3.10. The van der Waals surface area contributed by atoms with Gasteiger partial charge in [0.15, 0.2) is 0 Å². The van der Waals surface area contributed by atoms with Crippen molar-refractivity contribution in [1.29, 1.82) is 5.26 Å². The predicted molar refractivity (Wildman–Crippen MR) is 77.2 cm³/mol. The van der Waals surface area contributed by atoms with Gasteiger partial charge in [-0.1, -0.05) is 25.5 Å². The molecule has 1 aliphatic rings. The molecule has 0 amide bonds. The second-order valence-corrected chi connectivity index (χ2v) is 5.69. The first-order valence-electron chi connectivity index (χ1n) is 7.28. The number of rotatable bonds is 4. The monoisotopic (exact) mass is 257 g/mol. The lowest BCUT2D eigenvalue weighted by Crippen LogP contribution is -2.25. The van der Waals surface area contributed by atoms with Crippen LogP contribution in [0, 0.1) is 16.7 Å². The normalized spacial score (nSPS) is 26.7. The molecule has 1 saturated carbocycles. The Morgan fingerprint density at radius 2 is 1.89 bits per heavy atom. The first kappa shape index (κ1) is 13.9. The Balaban J connectivity index is 2.01. The van der Waals surface area contributed by atoms with Gasteiger partial charge in [0, 0.05) is 0 Å². The van der Waals surface area contributed by atoms with Crippen molar-refractivity contribution in [3.63, 3.8) is 0 Å². The van der Waals surface area contributed by atoms with Gasteiger partial charge in [0.05, 0.1) is 18.6 Å². The lowest BCUT2D eigenvalue weighted by Gasteiger charge is -2.35. The minimum Gasteiger partial charge on any atom is -0.497 e. The molecule has 0 N–H and O–H groups in total. The summed E-state index contributed by atoms with van der Waals surface area (Å²) in [5.41, 5.74) is 1.35. The van der Waals surface area contributed by atoms with Crippen LogP contribution in [0.3, 0.4) is 0 Å². The molecule has 0 bridgehead atoms. The average Bonchev–Trinajstić information content (AvgIpc) is 2.48. The third-order valence-corrected chi connectivity index (χ3v) is 4.50. The van der Waals surface area contributed by atoms with E-state index in [0.717, 1.165) is 44.3 Å². The molecule has 102 valence electrons. The molecule has 1 aliphatic carbocycles. The molecule has 0 unspecified atom stereocenters. The van der Waals surface area contributed by atoms with Gasteiger partial charge in [-0.05, 0) is 55.7 Å². The number of hydrogen-bond acceptors (Lipinski definition) is 2. The summed E-state index contributed by atoms with van der Waals surface area (Å²) in [6.45, 7) is 2.18. The van der Waals surface area contributed by atoms with Crippen molar-refractivity contribution in [3.05, 3.63) is 29.8 Å². The van der Waals surface area contributed by atoms with Crippen LogP contribution in [0.15, 0.2) is 24.3 Å². The van der Waals surface area contributed by atoms with Crippen LogP contribution in [0.4, 0.5) is 0 Å². The van der Waals surface area contributed by atoms with E-state index in [9.17, 15) is 5.26 Å². The predicted octanol–water partition coefficient (Wildman–Crippen LogP) is 4.66. The molecular formula is C17H23NO. The van der Waals surface area contributed by atoms with E-state index in [1.807, 2.05) is 12.1 Å². The Bertz CT molecular complexity index is 435. The van der Waals surface area contributed by atoms with Gasteiger partial charge in [0.2, 0.25) is 0 Å². The summed E-state index contributed by atoms with van der Waals surface area (Å²) in [4.78, 5) is 0. The van der Waals surface area contributed by atoms with Crippen molar-refractivity contribution in [1.82, 2.24) is 0 Å². The molecule has 1 aromatic rings. The van der Waals surface area contributed by atoms with E-state index >= 15 is 0 Å². The van der Waals surface area contributed by atoms with Gasteiger partial charge in [0.1, 0.15) is 5.75 Å². The van der Waals surface area contributed by atoms with Gasteiger partial charge in [-0.15, -0.1) is 0 Å². The van der Waals surface area contributed by atoms with Crippen LogP contribution in [0.1, 0.15) is 56.9 Å². The van der Waals surface area contributed by atoms with Crippen LogP contribution in [0.5, 0.6) is 5.75 Å². The first-order valence-corrected chi connectivity index (χ1v) is 7.28. The Kier molecular flexibility index (Phi) is 4.47. The third-order valence-electron chi connectivity index (χ3n) is 4.50. The van der Waals surface area contributed by atoms with E-state index in [2.05, 4.69) is 25.1 Å². The van der Waals surface area contributed by atoms with Gasteiger partial charge in [0.25, 0.3) is 0 Å². The first-order chi connectivity index (χ1) is 9.23. The van der Waals surface area contributed by atoms with Crippen molar-refractivity contribution in [2.24, 2.45) is 5.41 Å². The van der Waals surface area contributed by atoms with E-state index < -0.39 is 0 Å². The molecule has 2 rings (SSSR count). The summed E-state index contributed by atoms with van der Waals surface area (Å²) in [6, 6.07) is 11.0. The molecule has 0 heterocycles. The van der Waals surface area contributed by atoms with Crippen LogP contribution < -0.4 is 4.74 Å². The summed E-state index contributed by atoms with van der Waals surface area (Å²) in [6.07, 6.45) is 6.54. The largest absolute Gasteiger partial charge is 0.497 e. The van der Waals surface area contributed by atoms with E-state index in [1.165, 1.54) is 5.56 Å². The van der Waals surface area contributed by atoms with Gasteiger partial charge in [-0.2, -0.15) is 5.26 Å². The van der Waals surface area contributed by atoms with Crippen molar-refractivity contribution in [2.75, 3.05) is 7.11 Å². The zero-order valence-corrected chi connectivity index (χ0v) is 12.0. The zero-order chi connectivity index (χ0) is 13.7. The summed E-state index contributed by atoms with van der Waals surface area (Å²) in [7, 11) is 1.70. The Morgan fingerprint density at radius 1 is 1.26 bits per heavy atom. The molecule has 19 heavy (non-hydrogen) atoms. The molecule has 0 saturated heterocycles. The molecule has 0 aliphatic heterocycles. The highest BCUT2D eigenvalue weighted by Crippen LogP contribution is 2.45. The van der Waals surface area contributed by atoms with Gasteiger partial charge in [-0.3, -0.25) is 0 Å². The summed E-state index contributed by atoms with van der Waals surface area (Å²) >= 11 is 0. The number of ether oxygens (including phenoxy) is 1. The number of nitrogens with zero attached hydrogens (tertiary/aromatic N) is 1. The lowest BCUT2D eigenvalue weighted by atomic mass is 9.68. The number of methoxy groups -OCH3 is 1. The van der Waals surface area contributed by atoms with Gasteiger partial charge >= 0.3 is 0 Å². The summed E-state index contributed by atoms with van der Waals surface area (Å²) < 4.78 is 5.20. The van der Waals surface area contributed by atoms with Crippen molar-refractivity contribution >= 4 is 0 Å².